The lowest BCUT2D eigenvalue weighted by Crippen LogP contribution is -2.32. The highest BCUT2D eigenvalue weighted by Gasteiger charge is 2.39. The second-order valence-electron chi connectivity index (χ2n) is 8.01. The lowest BCUT2D eigenvalue weighted by Gasteiger charge is -2.15. The molecule has 0 aliphatic carbocycles. The normalized spacial score (nSPS) is 14.0. The predicted molar refractivity (Wildman–Crippen MR) is 129 cm³/mol. The molecule has 0 fully saturated rings. The molecule has 32 heavy (non-hydrogen) atoms. The number of hydrogen-bond acceptors (Lipinski definition) is 5. The molecule has 0 radical (unpaired) electrons. The molecule has 1 aliphatic heterocycles. The largest absolute Gasteiger partial charge is 0.496 e. The first-order valence-corrected chi connectivity index (χ1v) is 12.5. The maximum absolute atomic E-state index is 13.3. The van der Waals surface area contributed by atoms with Crippen LogP contribution in [0.4, 0.5) is 0 Å². The van der Waals surface area contributed by atoms with Crippen molar-refractivity contribution in [1.29, 1.82) is 0 Å². The first-order valence-electron chi connectivity index (χ1n) is 11.6. The Morgan fingerprint density at radius 3 is 2.31 bits per heavy atom. The molecule has 1 aliphatic rings. The van der Waals surface area contributed by atoms with Gasteiger partial charge in [-0.05, 0) is 24.6 Å². The van der Waals surface area contributed by atoms with Crippen LogP contribution in [0, 0.1) is 0 Å². The summed E-state index contributed by atoms with van der Waals surface area (Å²) < 4.78 is 10.9. The van der Waals surface area contributed by atoms with Crippen LogP contribution in [0.15, 0.2) is 52.0 Å². The maximum atomic E-state index is 13.3. The van der Waals surface area contributed by atoms with Gasteiger partial charge in [-0.1, -0.05) is 70.1 Å². The molecule has 1 aromatic heterocycles. The topological polar surface area (TPSA) is 59.8 Å². The average Bonchev–Trinajstić information content (AvgIpc) is 3.41. The fraction of sp³-hybridized carbons (Fsp3) is 0.462. The van der Waals surface area contributed by atoms with Crippen LogP contribution in [0.3, 0.4) is 0 Å². The Labute approximate surface area is 195 Å². The summed E-state index contributed by atoms with van der Waals surface area (Å²) in [6, 6.07) is 11.1. The number of carbonyl (C=O) groups excluding carboxylic acids is 2. The third-order valence-electron chi connectivity index (χ3n) is 5.68. The molecule has 6 heteroatoms. The predicted octanol–water partition coefficient (Wildman–Crippen LogP) is 6.44. The number of para-hydroxylation sites is 1. The van der Waals surface area contributed by atoms with E-state index in [9.17, 15) is 9.59 Å². The molecule has 0 N–H and O–H groups in total. The smallest absolute Gasteiger partial charge is 0.267 e. The van der Waals surface area contributed by atoms with Gasteiger partial charge >= 0.3 is 0 Å². The highest BCUT2D eigenvalue weighted by Crippen LogP contribution is 2.40. The SMILES string of the molecule is CCCCCCCCCCN1C(=O)C(SCc2ccco2)=C(c2ccccc2OC)C1=O. The van der Waals surface area contributed by atoms with Crippen molar-refractivity contribution in [1.82, 2.24) is 4.90 Å². The first kappa shape index (κ1) is 24.2. The van der Waals surface area contributed by atoms with E-state index in [2.05, 4.69) is 6.92 Å². The molecule has 1 aromatic carbocycles. The molecular weight excluding hydrogens is 422 g/mol. The number of hydrogen-bond donors (Lipinski definition) is 0. The minimum Gasteiger partial charge on any atom is -0.496 e. The number of nitrogens with zero attached hydrogens (tertiary/aromatic N) is 1. The monoisotopic (exact) mass is 455 g/mol. The Morgan fingerprint density at radius 2 is 1.62 bits per heavy atom. The number of furan rings is 1. The number of benzene rings is 1. The van der Waals surface area contributed by atoms with Gasteiger partial charge in [0.25, 0.3) is 11.8 Å². The van der Waals surface area contributed by atoms with Crippen molar-refractivity contribution >= 4 is 29.1 Å². The molecule has 0 atom stereocenters. The van der Waals surface area contributed by atoms with Gasteiger partial charge in [-0.25, -0.2) is 0 Å². The van der Waals surface area contributed by atoms with Crippen LogP contribution in [0.5, 0.6) is 5.75 Å². The molecule has 5 nitrogen and oxygen atoms in total. The number of rotatable bonds is 14. The molecule has 0 bridgehead atoms. The van der Waals surface area contributed by atoms with E-state index in [1.54, 1.807) is 13.4 Å². The lowest BCUT2D eigenvalue weighted by molar-refractivity contribution is -0.136. The number of methoxy groups -OCH3 is 1. The van der Waals surface area contributed by atoms with Crippen molar-refractivity contribution in [2.24, 2.45) is 0 Å². The highest BCUT2D eigenvalue weighted by molar-refractivity contribution is 8.03. The zero-order chi connectivity index (χ0) is 22.8. The fourth-order valence-corrected chi connectivity index (χ4v) is 4.95. The first-order chi connectivity index (χ1) is 15.7. The quantitative estimate of drug-likeness (QED) is 0.242. The average molecular weight is 456 g/mol. The molecule has 3 rings (SSSR count). The van der Waals surface area contributed by atoms with E-state index in [1.165, 1.54) is 48.8 Å². The van der Waals surface area contributed by atoms with Crippen LogP contribution in [-0.4, -0.2) is 30.4 Å². The van der Waals surface area contributed by atoms with Crippen LogP contribution < -0.4 is 4.74 Å². The molecule has 0 unspecified atom stereocenters. The van der Waals surface area contributed by atoms with E-state index in [1.807, 2.05) is 36.4 Å². The fourth-order valence-electron chi connectivity index (χ4n) is 3.92. The van der Waals surface area contributed by atoms with Gasteiger partial charge in [-0.3, -0.25) is 14.5 Å². The van der Waals surface area contributed by atoms with Gasteiger partial charge in [0, 0.05) is 12.1 Å². The summed E-state index contributed by atoms with van der Waals surface area (Å²) in [5, 5.41) is 0. The highest BCUT2D eigenvalue weighted by atomic mass is 32.2. The zero-order valence-electron chi connectivity index (χ0n) is 19.1. The molecule has 0 saturated carbocycles. The minimum atomic E-state index is -0.232. The van der Waals surface area contributed by atoms with Crippen molar-refractivity contribution in [2.45, 2.75) is 64.0 Å². The summed E-state index contributed by atoms with van der Waals surface area (Å²) in [5.74, 6) is 1.41. The summed E-state index contributed by atoms with van der Waals surface area (Å²) in [6.07, 6.45) is 11.0. The van der Waals surface area contributed by atoms with Gasteiger partial charge in [0.15, 0.2) is 0 Å². The van der Waals surface area contributed by atoms with Crippen molar-refractivity contribution in [3.63, 3.8) is 0 Å². The van der Waals surface area contributed by atoms with Crippen molar-refractivity contribution in [3.8, 4) is 5.75 Å². The Bertz CT molecular complexity index is 920. The molecular formula is C26H33NO4S. The van der Waals surface area contributed by atoms with Crippen molar-refractivity contribution in [2.75, 3.05) is 13.7 Å². The van der Waals surface area contributed by atoms with Crippen molar-refractivity contribution in [3.05, 3.63) is 58.9 Å². The van der Waals surface area contributed by atoms with E-state index in [-0.39, 0.29) is 11.8 Å². The summed E-state index contributed by atoms with van der Waals surface area (Å²) >= 11 is 1.35. The van der Waals surface area contributed by atoms with Gasteiger partial charge in [0.2, 0.25) is 0 Å². The number of thioether (sulfide) groups is 1. The molecule has 0 saturated heterocycles. The molecule has 2 heterocycles. The second kappa shape index (κ2) is 12.5. The third kappa shape index (κ3) is 6.06. The Balaban J connectivity index is 1.69. The number of carbonyl (C=O) groups is 2. The van der Waals surface area contributed by atoms with Crippen LogP contribution in [0.2, 0.25) is 0 Å². The van der Waals surface area contributed by atoms with E-state index in [4.69, 9.17) is 9.15 Å². The number of unbranched alkanes of at least 4 members (excludes halogenated alkanes) is 7. The standard InChI is InChI=1S/C26H33NO4S/c1-3-4-5-6-7-8-9-12-17-27-25(28)23(21-15-10-11-16-22(21)30-2)24(26(27)29)32-19-20-14-13-18-31-20/h10-11,13-16,18H,3-9,12,17,19H2,1-2H3. The van der Waals surface area contributed by atoms with Crippen LogP contribution in [0.1, 0.15) is 69.6 Å². The molecule has 0 spiro atoms. The van der Waals surface area contributed by atoms with Crippen LogP contribution in [-0.2, 0) is 15.3 Å². The number of imide groups is 1. The van der Waals surface area contributed by atoms with E-state index >= 15 is 0 Å². The molecule has 2 aromatic rings. The lowest BCUT2D eigenvalue weighted by atomic mass is 10.0. The summed E-state index contributed by atoms with van der Waals surface area (Å²) in [4.78, 5) is 28.5. The zero-order valence-corrected chi connectivity index (χ0v) is 19.9. The van der Waals surface area contributed by atoms with E-state index in [0.29, 0.717) is 34.1 Å². The van der Waals surface area contributed by atoms with Gasteiger partial charge in [0.1, 0.15) is 11.5 Å². The van der Waals surface area contributed by atoms with Gasteiger partial charge < -0.3 is 9.15 Å². The Morgan fingerprint density at radius 1 is 0.906 bits per heavy atom. The van der Waals surface area contributed by atoms with Crippen LogP contribution >= 0.6 is 11.8 Å². The van der Waals surface area contributed by atoms with Gasteiger partial charge in [-0.15, -0.1) is 11.8 Å². The second-order valence-corrected chi connectivity index (χ2v) is 8.99. The van der Waals surface area contributed by atoms with E-state index < -0.39 is 0 Å². The Kier molecular flexibility index (Phi) is 9.47. The summed E-state index contributed by atoms with van der Waals surface area (Å²) in [6.45, 7) is 2.68. The van der Waals surface area contributed by atoms with Gasteiger partial charge in [0.05, 0.1) is 29.6 Å². The number of ether oxygens (including phenoxy) is 1. The van der Waals surface area contributed by atoms with Gasteiger partial charge in [-0.2, -0.15) is 0 Å². The molecule has 172 valence electrons. The summed E-state index contributed by atoms with van der Waals surface area (Å²) in [5.41, 5.74) is 1.09. The minimum absolute atomic E-state index is 0.213. The van der Waals surface area contributed by atoms with Crippen LogP contribution in [0.25, 0.3) is 5.57 Å². The van der Waals surface area contributed by atoms with E-state index in [0.717, 1.165) is 25.0 Å². The number of amides is 2. The summed E-state index contributed by atoms with van der Waals surface area (Å²) in [7, 11) is 1.58. The molecule has 2 amide bonds. The Hall–Kier alpha value is -2.47. The van der Waals surface area contributed by atoms with Crippen molar-refractivity contribution < 1.29 is 18.7 Å². The maximum Gasteiger partial charge on any atom is 0.267 e. The third-order valence-corrected chi connectivity index (χ3v) is 6.77.